The third-order valence-corrected chi connectivity index (χ3v) is 14.7. The Labute approximate surface area is 350 Å². The number of rotatable bonds is 8. The molecule has 12 heteroatoms. The van der Waals surface area contributed by atoms with Gasteiger partial charge < -0.3 is 19.3 Å². The van der Waals surface area contributed by atoms with Crippen molar-refractivity contribution in [3.05, 3.63) is 162 Å². The number of imide groups is 1. The second kappa shape index (κ2) is 14.9. The Morgan fingerprint density at radius 3 is 2.00 bits per heavy atom. The van der Waals surface area contributed by atoms with Gasteiger partial charge in [-0.2, -0.15) is 0 Å². The first-order valence-electron chi connectivity index (χ1n) is 20.1. The maximum absolute atomic E-state index is 15.0. The first kappa shape index (κ1) is 38.1. The number of nitrogens with zero attached hydrogens (tertiary/aromatic N) is 1. The molecule has 1 N–H and O–H groups in total. The molecule has 0 radical (unpaired) electrons. The maximum Gasteiger partial charge on any atom is 0.343 e. The molecule has 302 valence electrons. The number of hydrogen-bond acceptors (Lipinski definition) is 9. The fraction of sp³-hybridized carbons (Fsp3) is 0.163. The number of carbonyl (C=O) groups is 5. The van der Waals surface area contributed by atoms with Crippen LogP contribution in [0.5, 0.6) is 17.2 Å². The topological polar surface area (TPSA) is 145 Å². The molecular weight excluding hydrogens is 792 g/mol. The molecule has 6 aromatic rings. The van der Waals surface area contributed by atoms with Crippen molar-refractivity contribution >= 4 is 59.0 Å². The molecule has 2 aliphatic heterocycles. The van der Waals surface area contributed by atoms with Gasteiger partial charge in [-0.1, -0.05) is 48.5 Å². The van der Waals surface area contributed by atoms with Gasteiger partial charge in [0.15, 0.2) is 0 Å². The summed E-state index contributed by atoms with van der Waals surface area (Å²) in [5, 5.41) is 3.53. The van der Waals surface area contributed by atoms with Crippen molar-refractivity contribution < 1.29 is 42.5 Å². The molecule has 10 rings (SSSR count). The monoisotopic (exact) mass is 828 g/mol. The summed E-state index contributed by atoms with van der Waals surface area (Å²) in [7, 11) is -3.80. The van der Waals surface area contributed by atoms with E-state index in [0.717, 1.165) is 36.0 Å². The average molecular weight is 829 g/mol. The van der Waals surface area contributed by atoms with Crippen molar-refractivity contribution in [1.82, 2.24) is 0 Å². The predicted molar refractivity (Wildman–Crippen MR) is 228 cm³/mol. The lowest BCUT2D eigenvalue weighted by atomic mass is 9.81. The molecule has 2 bridgehead atoms. The van der Waals surface area contributed by atoms with E-state index in [2.05, 4.69) is 5.32 Å². The van der Waals surface area contributed by atoms with E-state index >= 15 is 0 Å². The zero-order valence-corrected chi connectivity index (χ0v) is 33.7. The number of amides is 3. The second-order valence-corrected chi connectivity index (χ2v) is 18.2. The van der Waals surface area contributed by atoms with E-state index in [9.17, 15) is 28.5 Å². The zero-order chi connectivity index (χ0) is 42.0. The van der Waals surface area contributed by atoms with Gasteiger partial charge in [0, 0.05) is 16.8 Å². The molecule has 2 saturated carbocycles. The summed E-state index contributed by atoms with van der Waals surface area (Å²) in [6, 6.07) is 38.2. The van der Waals surface area contributed by atoms with Gasteiger partial charge in [0.2, 0.25) is 11.8 Å². The van der Waals surface area contributed by atoms with Crippen molar-refractivity contribution in [3.8, 4) is 28.4 Å². The van der Waals surface area contributed by atoms with Crippen molar-refractivity contribution in [2.75, 3.05) is 10.2 Å². The van der Waals surface area contributed by atoms with E-state index < -0.39 is 25.2 Å². The minimum absolute atomic E-state index is 0.0636. The molecule has 5 atom stereocenters. The highest BCUT2D eigenvalue weighted by molar-refractivity contribution is 7.75. The van der Waals surface area contributed by atoms with Crippen LogP contribution in [0.15, 0.2) is 140 Å². The smallest absolute Gasteiger partial charge is 0.343 e. The molecule has 1 saturated heterocycles. The zero-order valence-electron chi connectivity index (χ0n) is 32.8. The Hall–Kier alpha value is -7.10. The van der Waals surface area contributed by atoms with Crippen LogP contribution in [0.3, 0.4) is 0 Å². The summed E-state index contributed by atoms with van der Waals surface area (Å²) >= 11 is 0. The fourth-order valence-corrected chi connectivity index (χ4v) is 11.8. The lowest BCUT2D eigenvalue weighted by molar-refractivity contribution is -0.123. The third kappa shape index (κ3) is 6.62. The highest BCUT2D eigenvalue weighted by Crippen LogP contribution is 2.57. The van der Waals surface area contributed by atoms with E-state index in [1.165, 1.54) is 41.3 Å². The highest BCUT2D eigenvalue weighted by Gasteiger charge is 2.61. The molecule has 2 aliphatic carbocycles. The van der Waals surface area contributed by atoms with E-state index in [1.54, 1.807) is 78.9 Å². The van der Waals surface area contributed by atoms with Gasteiger partial charge in [-0.05, 0) is 140 Å². The van der Waals surface area contributed by atoms with Gasteiger partial charge in [-0.3, -0.25) is 23.8 Å². The van der Waals surface area contributed by atoms with Crippen molar-refractivity contribution in [1.29, 1.82) is 0 Å². The average Bonchev–Trinajstić information content (AvgIpc) is 3.98. The summed E-state index contributed by atoms with van der Waals surface area (Å²) in [5.41, 5.74) is 3.76. The quantitative estimate of drug-likeness (QED) is 0.0691. The lowest BCUT2D eigenvalue weighted by Gasteiger charge is -2.29. The normalized spacial score (nSPS) is 21.8. The number of hydrogen-bond donors (Lipinski definition) is 1. The van der Waals surface area contributed by atoms with Crippen molar-refractivity contribution in [2.24, 2.45) is 23.7 Å². The minimum atomic E-state index is -3.80. The number of nitrogens with one attached hydrogen (secondary N) is 1. The number of fused-ring (bicyclic) bond motifs is 8. The van der Waals surface area contributed by atoms with Crippen LogP contribution in [0.2, 0.25) is 0 Å². The van der Waals surface area contributed by atoms with E-state index in [4.69, 9.17) is 14.0 Å². The molecule has 3 fully saturated rings. The summed E-state index contributed by atoms with van der Waals surface area (Å²) < 4.78 is 32.7. The Kier molecular flexibility index (Phi) is 9.29. The van der Waals surface area contributed by atoms with Gasteiger partial charge >= 0.3 is 19.3 Å². The molecule has 0 spiro atoms. The van der Waals surface area contributed by atoms with Gasteiger partial charge in [0.05, 0.1) is 39.3 Å². The Morgan fingerprint density at radius 1 is 0.656 bits per heavy atom. The van der Waals surface area contributed by atoms with Crippen LogP contribution in [-0.4, -0.2) is 29.7 Å². The number of benzene rings is 6. The molecule has 5 unspecified atom stereocenters. The molecule has 6 aromatic carbocycles. The van der Waals surface area contributed by atoms with Crippen LogP contribution in [0.1, 0.15) is 55.9 Å². The van der Waals surface area contributed by atoms with E-state index in [1.807, 2.05) is 31.2 Å². The molecule has 2 heterocycles. The van der Waals surface area contributed by atoms with Crippen LogP contribution >= 0.6 is 7.37 Å². The maximum atomic E-state index is 15.0. The van der Waals surface area contributed by atoms with Crippen LogP contribution in [0.4, 0.5) is 11.4 Å². The standard InChI is InChI=1S/C49H37N2O9P/c1-28-13-24-40(42(25-28)61(57)41-12-5-3-10-38(41)37-9-2-4-11-39(37)60-61)59-49(56)33-8-6-7-32(27-33)48(55)58-36-22-18-34(19-23-36)50-45(52)29-16-20-35(21-17-29)51-46(53)43-30-14-15-31(26-30)44(43)47(51)54/h2-13,16-25,27,30-31,43-44H,14-15,26H2,1H3,(H,50,52). The Bertz CT molecular complexity index is 2850. The fourth-order valence-electron chi connectivity index (χ4n) is 9.37. The van der Waals surface area contributed by atoms with Gasteiger partial charge in [0.1, 0.15) is 17.2 Å². The van der Waals surface area contributed by atoms with Crippen molar-refractivity contribution in [3.63, 3.8) is 0 Å². The number of esters is 2. The number of para-hydroxylation sites is 1. The first-order chi connectivity index (χ1) is 29.6. The lowest BCUT2D eigenvalue weighted by Crippen LogP contribution is -2.32. The van der Waals surface area contributed by atoms with E-state index in [-0.39, 0.29) is 63.4 Å². The minimum Gasteiger partial charge on any atom is -0.436 e. The molecule has 0 aromatic heterocycles. The number of aryl methyl sites for hydroxylation is 1. The Balaban J connectivity index is 0.793. The number of ether oxygens (including phenoxy) is 2. The molecule has 11 nitrogen and oxygen atoms in total. The first-order valence-corrected chi connectivity index (χ1v) is 21.7. The number of anilines is 2. The molecule has 4 aliphatic rings. The number of carbonyl (C=O) groups excluding carboxylic acids is 5. The summed E-state index contributed by atoms with van der Waals surface area (Å²) in [6.07, 6.45) is 2.96. The Morgan fingerprint density at radius 2 is 1.30 bits per heavy atom. The van der Waals surface area contributed by atoms with Gasteiger partial charge in [-0.15, -0.1) is 0 Å². The SMILES string of the molecule is Cc1ccc(OC(=O)c2cccc(C(=O)Oc3ccc(NC(=O)c4ccc(N5C(=O)C6C7CCC(C7)C6C5=O)cc4)cc3)c2)c(P2(=O)Oc3ccccc3-c3ccccc32)c1. The van der Waals surface area contributed by atoms with Crippen LogP contribution in [-0.2, 0) is 14.2 Å². The summed E-state index contributed by atoms with van der Waals surface area (Å²) in [6.45, 7) is 1.85. The van der Waals surface area contributed by atoms with E-state index in [0.29, 0.717) is 28.0 Å². The molecule has 61 heavy (non-hydrogen) atoms. The van der Waals surface area contributed by atoms with Crippen LogP contribution < -0.4 is 34.8 Å². The largest absolute Gasteiger partial charge is 0.436 e. The highest BCUT2D eigenvalue weighted by atomic mass is 31.2. The van der Waals surface area contributed by atoms with Gasteiger partial charge in [-0.25, -0.2) is 9.59 Å². The molecule has 3 amide bonds. The van der Waals surface area contributed by atoms with Crippen LogP contribution in [0, 0.1) is 30.6 Å². The third-order valence-electron chi connectivity index (χ3n) is 12.2. The van der Waals surface area contributed by atoms with Gasteiger partial charge in [0.25, 0.3) is 5.91 Å². The summed E-state index contributed by atoms with van der Waals surface area (Å²) in [5.74, 6) is -1.32. The second-order valence-electron chi connectivity index (χ2n) is 15.9. The molecular formula is C49H37N2O9P. The predicted octanol–water partition coefficient (Wildman–Crippen LogP) is 8.51. The summed E-state index contributed by atoms with van der Waals surface area (Å²) in [4.78, 5) is 67.7. The van der Waals surface area contributed by atoms with Crippen molar-refractivity contribution in [2.45, 2.75) is 26.2 Å². The van der Waals surface area contributed by atoms with Crippen LogP contribution in [0.25, 0.3) is 11.1 Å².